The number of rotatable bonds is 5. The number of nitrogens with zero attached hydrogens (tertiary/aromatic N) is 3. The fourth-order valence-corrected chi connectivity index (χ4v) is 3.13. The lowest BCUT2D eigenvalue weighted by molar-refractivity contribution is 0.0985. The molecule has 2 heterocycles. The quantitative estimate of drug-likeness (QED) is 0.773. The van der Waals surface area contributed by atoms with Gasteiger partial charge in [-0.2, -0.15) is 5.10 Å². The van der Waals surface area contributed by atoms with Gasteiger partial charge in [-0.1, -0.05) is 13.0 Å². The molecular formula is C16H20BrN3O. The third-order valence-corrected chi connectivity index (χ3v) is 4.42. The molecule has 0 aromatic carbocycles. The highest BCUT2D eigenvalue weighted by atomic mass is 79.9. The molecule has 0 N–H and O–H groups in total. The standard InChI is InChI=1S/C16H20BrN3O/c1-5-12-15(17)13(20(6-2)19-12)8-14(21)16-11(4)7-10(3)9-18-16/h7,9H,5-6,8H2,1-4H3. The van der Waals surface area contributed by atoms with Crippen molar-refractivity contribution >= 4 is 21.7 Å². The van der Waals surface area contributed by atoms with Crippen LogP contribution < -0.4 is 0 Å². The highest BCUT2D eigenvalue weighted by molar-refractivity contribution is 9.10. The first kappa shape index (κ1) is 15.9. The largest absolute Gasteiger partial charge is 0.292 e. The zero-order chi connectivity index (χ0) is 15.6. The summed E-state index contributed by atoms with van der Waals surface area (Å²) in [6.45, 7) is 8.75. The summed E-state index contributed by atoms with van der Waals surface area (Å²) in [4.78, 5) is 16.8. The molecule has 4 nitrogen and oxygen atoms in total. The van der Waals surface area contributed by atoms with Crippen LogP contribution in [-0.4, -0.2) is 20.5 Å². The maximum atomic E-state index is 12.5. The summed E-state index contributed by atoms with van der Waals surface area (Å²) in [6, 6.07) is 1.99. The van der Waals surface area contributed by atoms with E-state index in [1.165, 1.54) is 0 Å². The van der Waals surface area contributed by atoms with Gasteiger partial charge in [-0.15, -0.1) is 0 Å². The Kier molecular flexibility index (Phi) is 4.93. The van der Waals surface area contributed by atoms with Crippen molar-refractivity contribution in [1.29, 1.82) is 0 Å². The highest BCUT2D eigenvalue weighted by Gasteiger charge is 2.19. The Bertz CT molecular complexity index is 676. The van der Waals surface area contributed by atoms with Crippen LogP contribution in [0.15, 0.2) is 16.7 Å². The molecule has 0 spiro atoms. The van der Waals surface area contributed by atoms with Gasteiger partial charge in [0.15, 0.2) is 5.78 Å². The fourth-order valence-electron chi connectivity index (χ4n) is 2.43. The molecule has 0 aliphatic carbocycles. The van der Waals surface area contributed by atoms with Crippen LogP contribution in [0.1, 0.15) is 46.9 Å². The van der Waals surface area contributed by atoms with Crippen molar-refractivity contribution in [2.45, 2.75) is 47.1 Å². The second-order valence-electron chi connectivity index (χ2n) is 5.15. The lowest BCUT2D eigenvalue weighted by atomic mass is 10.1. The molecule has 0 atom stereocenters. The van der Waals surface area contributed by atoms with Crippen LogP contribution in [-0.2, 0) is 19.4 Å². The third kappa shape index (κ3) is 3.23. The summed E-state index contributed by atoms with van der Waals surface area (Å²) in [5.41, 5.74) is 4.47. The van der Waals surface area contributed by atoms with Crippen molar-refractivity contribution < 1.29 is 4.79 Å². The summed E-state index contributed by atoms with van der Waals surface area (Å²) < 4.78 is 2.84. The predicted molar refractivity (Wildman–Crippen MR) is 86.7 cm³/mol. The van der Waals surface area contributed by atoms with E-state index in [1.54, 1.807) is 6.20 Å². The second kappa shape index (κ2) is 6.52. The molecule has 0 bridgehead atoms. The van der Waals surface area contributed by atoms with Crippen LogP contribution in [0.3, 0.4) is 0 Å². The number of hydrogen-bond donors (Lipinski definition) is 0. The Balaban J connectivity index is 2.33. The van der Waals surface area contributed by atoms with Gasteiger partial charge < -0.3 is 0 Å². The summed E-state index contributed by atoms with van der Waals surface area (Å²) >= 11 is 3.58. The van der Waals surface area contributed by atoms with Crippen molar-refractivity contribution in [3.63, 3.8) is 0 Å². The Morgan fingerprint density at radius 1 is 1.33 bits per heavy atom. The number of pyridine rings is 1. The summed E-state index contributed by atoms with van der Waals surface area (Å²) in [5, 5.41) is 4.53. The van der Waals surface area contributed by atoms with Crippen LogP contribution in [0.2, 0.25) is 0 Å². The molecular weight excluding hydrogens is 330 g/mol. The lowest BCUT2D eigenvalue weighted by Gasteiger charge is -2.07. The molecule has 0 saturated carbocycles. The number of carbonyl (C=O) groups excluding carboxylic acids is 1. The van der Waals surface area contributed by atoms with Gasteiger partial charge >= 0.3 is 0 Å². The van der Waals surface area contributed by atoms with E-state index in [9.17, 15) is 4.79 Å². The molecule has 0 aliphatic heterocycles. The second-order valence-corrected chi connectivity index (χ2v) is 5.95. The highest BCUT2D eigenvalue weighted by Crippen LogP contribution is 2.24. The van der Waals surface area contributed by atoms with Gasteiger partial charge in [0, 0.05) is 12.7 Å². The summed E-state index contributed by atoms with van der Waals surface area (Å²) in [6.07, 6.45) is 2.90. The molecule has 0 unspecified atom stereocenters. The average Bonchev–Trinajstić information content (AvgIpc) is 2.75. The Labute approximate surface area is 133 Å². The zero-order valence-electron chi connectivity index (χ0n) is 12.9. The minimum Gasteiger partial charge on any atom is -0.292 e. The maximum Gasteiger partial charge on any atom is 0.187 e. The van der Waals surface area contributed by atoms with Crippen molar-refractivity contribution in [1.82, 2.24) is 14.8 Å². The van der Waals surface area contributed by atoms with Gasteiger partial charge in [0.1, 0.15) is 5.69 Å². The summed E-state index contributed by atoms with van der Waals surface area (Å²) in [5.74, 6) is 0.0328. The Hall–Kier alpha value is -1.49. The van der Waals surface area contributed by atoms with Gasteiger partial charge in [-0.3, -0.25) is 14.5 Å². The van der Waals surface area contributed by atoms with Gasteiger partial charge in [0.25, 0.3) is 0 Å². The van der Waals surface area contributed by atoms with Crippen LogP contribution in [0.5, 0.6) is 0 Å². The first-order valence-electron chi connectivity index (χ1n) is 7.18. The fraction of sp³-hybridized carbons (Fsp3) is 0.438. The first-order valence-corrected chi connectivity index (χ1v) is 7.97. The van der Waals surface area contributed by atoms with Gasteiger partial charge in [-0.25, -0.2) is 0 Å². The topological polar surface area (TPSA) is 47.8 Å². The van der Waals surface area contributed by atoms with Gasteiger partial charge in [0.2, 0.25) is 0 Å². The number of aromatic nitrogens is 3. The zero-order valence-corrected chi connectivity index (χ0v) is 14.5. The lowest BCUT2D eigenvalue weighted by Crippen LogP contribution is -2.12. The molecule has 112 valence electrons. The molecule has 5 heteroatoms. The van der Waals surface area contributed by atoms with Crippen LogP contribution in [0.4, 0.5) is 0 Å². The number of ketones is 1. The number of hydrogen-bond acceptors (Lipinski definition) is 3. The van der Waals surface area contributed by atoms with Crippen molar-refractivity contribution in [2.24, 2.45) is 0 Å². The molecule has 2 aromatic heterocycles. The van der Waals surface area contributed by atoms with Crippen LogP contribution >= 0.6 is 15.9 Å². The molecule has 0 amide bonds. The van der Waals surface area contributed by atoms with E-state index in [0.717, 1.165) is 40.0 Å². The van der Waals surface area contributed by atoms with Gasteiger partial charge in [-0.05, 0) is 54.2 Å². The number of halogens is 1. The molecule has 0 fully saturated rings. The van der Waals surface area contributed by atoms with Crippen molar-refractivity contribution in [3.05, 3.63) is 44.9 Å². The molecule has 0 saturated heterocycles. The van der Waals surface area contributed by atoms with E-state index in [0.29, 0.717) is 12.1 Å². The van der Waals surface area contributed by atoms with Crippen molar-refractivity contribution in [2.75, 3.05) is 0 Å². The molecule has 2 aromatic rings. The van der Waals surface area contributed by atoms with E-state index in [1.807, 2.05) is 31.5 Å². The maximum absolute atomic E-state index is 12.5. The Morgan fingerprint density at radius 3 is 2.62 bits per heavy atom. The number of Topliss-reactive ketones (excluding diaryl/α,β-unsaturated/α-hetero) is 1. The van der Waals surface area contributed by atoms with Crippen LogP contribution in [0, 0.1) is 13.8 Å². The third-order valence-electron chi connectivity index (χ3n) is 3.50. The average molecular weight is 350 g/mol. The molecule has 21 heavy (non-hydrogen) atoms. The van der Waals surface area contributed by atoms with E-state index < -0.39 is 0 Å². The van der Waals surface area contributed by atoms with E-state index in [-0.39, 0.29) is 5.78 Å². The number of aryl methyl sites for hydroxylation is 4. The monoisotopic (exact) mass is 349 g/mol. The Morgan fingerprint density at radius 2 is 2.05 bits per heavy atom. The first-order chi connectivity index (χ1) is 9.97. The van der Waals surface area contributed by atoms with Gasteiger partial charge in [0.05, 0.1) is 22.3 Å². The minimum atomic E-state index is 0.0328. The normalized spacial score (nSPS) is 10.9. The molecule has 0 aliphatic rings. The number of carbonyl (C=O) groups is 1. The van der Waals surface area contributed by atoms with E-state index >= 15 is 0 Å². The molecule has 2 rings (SSSR count). The van der Waals surface area contributed by atoms with Crippen molar-refractivity contribution in [3.8, 4) is 0 Å². The van der Waals surface area contributed by atoms with Crippen LogP contribution in [0.25, 0.3) is 0 Å². The SMILES string of the molecule is CCc1nn(CC)c(CC(=O)c2ncc(C)cc2C)c1Br. The smallest absolute Gasteiger partial charge is 0.187 e. The van der Waals surface area contributed by atoms with E-state index in [4.69, 9.17) is 0 Å². The minimum absolute atomic E-state index is 0.0328. The summed E-state index contributed by atoms with van der Waals surface area (Å²) in [7, 11) is 0. The van der Waals surface area contributed by atoms with E-state index in [2.05, 4.69) is 32.9 Å². The molecule has 0 radical (unpaired) electrons. The predicted octanol–water partition coefficient (Wildman–Crippen LogP) is 3.67.